The van der Waals surface area contributed by atoms with Gasteiger partial charge in [-0.25, -0.2) is 4.90 Å². The molecule has 1 fully saturated rings. The highest BCUT2D eigenvalue weighted by Gasteiger charge is 2.58. The molecule has 3 aliphatic heterocycles. The Kier molecular flexibility index (Phi) is 4.12. The molecule has 3 aliphatic rings. The van der Waals surface area contributed by atoms with Crippen molar-refractivity contribution in [2.24, 2.45) is 0 Å². The third-order valence-corrected chi connectivity index (χ3v) is 7.56. The average molecular weight is 473 g/mol. The van der Waals surface area contributed by atoms with E-state index < -0.39 is 5.41 Å². The van der Waals surface area contributed by atoms with Crippen molar-refractivity contribution < 1.29 is 9.59 Å². The molecule has 3 heterocycles. The lowest BCUT2D eigenvalue weighted by molar-refractivity contribution is -0.123. The van der Waals surface area contributed by atoms with Crippen LogP contribution in [0.4, 0.5) is 11.4 Å². The molecule has 3 aromatic carbocycles. The molecule has 0 saturated carbocycles. The van der Waals surface area contributed by atoms with Crippen molar-refractivity contribution in [2.45, 2.75) is 30.7 Å². The van der Waals surface area contributed by atoms with E-state index in [1.807, 2.05) is 42.5 Å². The molecule has 3 aromatic rings. The first-order valence-electron chi connectivity index (χ1n) is 10.7. The van der Waals surface area contributed by atoms with Crippen molar-refractivity contribution in [2.75, 3.05) is 16.3 Å². The largest absolute Gasteiger partial charge is 0.364 e. The molecule has 2 unspecified atom stereocenters. The van der Waals surface area contributed by atoms with Gasteiger partial charge in [0, 0.05) is 23.1 Å². The molecule has 0 N–H and O–H groups in total. The molecule has 2 atom stereocenters. The summed E-state index contributed by atoms with van der Waals surface area (Å²) in [6, 6.07) is 24.2. The van der Waals surface area contributed by atoms with E-state index in [2.05, 4.69) is 51.2 Å². The van der Waals surface area contributed by atoms with Gasteiger partial charge in [0.1, 0.15) is 0 Å². The van der Waals surface area contributed by atoms with Crippen molar-refractivity contribution in [1.82, 2.24) is 0 Å². The fourth-order valence-electron chi connectivity index (χ4n) is 5.72. The Balaban J connectivity index is 1.52. The Morgan fingerprint density at radius 2 is 1.74 bits per heavy atom. The predicted octanol–water partition coefficient (Wildman–Crippen LogP) is 5.16. The minimum atomic E-state index is -0.832. The van der Waals surface area contributed by atoms with Gasteiger partial charge in [0.2, 0.25) is 11.8 Å². The first kappa shape index (κ1) is 18.8. The van der Waals surface area contributed by atoms with Gasteiger partial charge in [0.05, 0.1) is 17.1 Å². The van der Waals surface area contributed by atoms with Crippen LogP contribution in [0.1, 0.15) is 35.6 Å². The molecular weight excluding hydrogens is 452 g/mol. The van der Waals surface area contributed by atoms with E-state index in [0.717, 1.165) is 28.7 Å². The van der Waals surface area contributed by atoms with Crippen LogP contribution < -0.4 is 9.80 Å². The summed E-state index contributed by atoms with van der Waals surface area (Å²) in [6.07, 6.45) is 1.82. The van der Waals surface area contributed by atoms with Gasteiger partial charge < -0.3 is 4.90 Å². The maximum absolute atomic E-state index is 14.0. The van der Waals surface area contributed by atoms with Crippen LogP contribution in [0.15, 0.2) is 77.3 Å². The summed E-state index contributed by atoms with van der Waals surface area (Å²) < 4.78 is 0.850. The fraction of sp³-hybridized carbons (Fsp3) is 0.231. The topological polar surface area (TPSA) is 40.6 Å². The minimum Gasteiger partial charge on any atom is -0.364 e. The number of nitrogens with zero attached hydrogens (tertiary/aromatic N) is 2. The van der Waals surface area contributed by atoms with Crippen LogP contribution >= 0.6 is 15.9 Å². The Labute approximate surface area is 189 Å². The lowest BCUT2D eigenvalue weighted by Crippen LogP contribution is -2.49. The molecule has 0 aliphatic carbocycles. The number of anilines is 2. The van der Waals surface area contributed by atoms with Crippen molar-refractivity contribution in [3.8, 4) is 0 Å². The van der Waals surface area contributed by atoms with Gasteiger partial charge in [0.15, 0.2) is 0 Å². The smallest absolute Gasteiger partial charge is 0.245 e. The Bertz CT molecular complexity index is 1240. The number of amides is 2. The summed E-state index contributed by atoms with van der Waals surface area (Å²) in [5, 5.41) is 0. The minimum absolute atomic E-state index is 0.0964. The van der Waals surface area contributed by atoms with Gasteiger partial charge in [-0.3, -0.25) is 9.59 Å². The molecule has 6 rings (SSSR count). The number of rotatable bonds is 1. The highest BCUT2D eigenvalue weighted by Crippen LogP contribution is 2.54. The normalized spacial score (nSPS) is 24.2. The van der Waals surface area contributed by atoms with Gasteiger partial charge in [-0.05, 0) is 53.8 Å². The zero-order valence-electron chi connectivity index (χ0n) is 16.9. The number of benzene rings is 3. The first-order valence-corrected chi connectivity index (χ1v) is 11.4. The van der Waals surface area contributed by atoms with E-state index in [9.17, 15) is 9.59 Å². The number of carbonyl (C=O) groups is 2. The summed E-state index contributed by atoms with van der Waals surface area (Å²) in [6.45, 7) is 0.923. The predicted molar refractivity (Wildman–Crippen MR) is 124 cm³/mol. The van der Waals surface area contributed by atoms with Crippen LogP contribution in [-0.2, 0) is 21.4 Å². The number of para-hydroxylation sites is 1. The van der Waals surface area contributed by atoms with Gasteiger partial charge in [-0.1, -0.05) is 64.5 Å². The zero-order valence-corrected chi connectivity index (χ0v) is 18.5. The summed E-state index contributed by atoms with van der Waals surface area (Å²) in [7, 11) is 0. The molecule has 154 valence electrons. The van der Waals surface area contributed by atoms with Crippen molar-refractivity contribution in [3.05, 3.63) is 94.0 Å². The van der Waals surface area contributed by atoms with Crippen LogP contribution in [-0.4, -0.2) is 18.4 Å². The molecule has 0 radical (unpaired) electrons. The van der Waals surface area contributed by atoms with Crippen molar-refractivity contribution >= 4 is 39.1 Å². The third-order valence-electron chi connectivity index (χ3n) is 7.06. The Hall–Kier alpha value is -2.92. The van der Waals surface area contributed by atoms with Crippen molar-refractivity contribution in [1.29, 1.82) is 0 Å². The maximum Gasteiger partial charge on any atom is 0.245 e. The van der Waals surface area contributed by atoms with E-state index >= 15 is 0 Å². The van der Waals surface area contributed by atoms with Gasteiger partial charge in [-0.2, -0.15) is 0 Å². The molecule has 1 spiro atoms. The number of hydrogen-bond donors (Lipinski definition) is 0. The fourth-order valence-corrected chi connectivity index (χ4v) is 6.10. The average Bonchev–Trinajstić information content (AvgIpc) is 3.03. The zero-order chi connectivity index (χ0) is 21.2. The molecule has 5 heteroatoms. The van der Waals surface area contributed by atoms with E-state index in [1.54, 1.807) is 0 Å². The molecule has 0 aromatic heterocycles. The molecule has 0 bridgehead atoms. The Morgan fingerprint density at radius 1 is 0.935 bits per heavy atom. The second-order valence-electron chi connectivity index (χ2n) is 8.65. The van der Waals surface area contributed by atoms with Crippen LogP contribution in [0.5, 0.6) is 0 Å². The SMILES string of the molecule is O=C1CC2(CC3c4ccccc4CCN3c3ccccc32)C(=O)N1c1cccc(Br)c1. The van der Waals surface area contributed by atoms with Crippen LogP contribution in [0, 0.1) is 0 Å². The second-order valence-corrected chi connectivity index (χ2v) is 9.57. The van der Waals surface area contributed by atoms with Crippen molar-refractivity contribution in [3.63, 3.8) is 0 Å². The summed E-state index contributed by atoms with van der Waals surface area (Å²) in [4.78, 5) is 31.1. The van der Waals surface area contributed by atoms with Crippen LogP contribution in [0.3, 0.4) is 0 Å². The van der Waals surface area contributed by atoms with Gasteiger partial charge in [0.25, 0.3) is 0 Å². The van der Waals surface area contributed by atoms with Crippen LogP contribution in [0.25, 0.3) is 0 Å². The first-order chi connectivity index (χ1) is 15.1. The molecular formula is C26H21BrN2O2. The number of hydrogen-bond acceptors (Lipinski definition) is 3. The summed E-state index contributed by atoms with van der Waals surface area (Å²) >= 11 is 3.47. The van der Waals surface area contributed by atoms with Crippen LogP contribution in [0.2, 0.25) is 0 Å². The summed E-state index contributed by atoms with van der Waals surface area (Å²) in [5.74, 6) is -0.235. The molecule has 2 amide bonds. The van der Waals surface area contributed by atoms with E-state index in [1.165, 1.54) is 16.0 Å². The lowest BCUT2D eigenvalue weighted by Gasteiger charge is -2.48. The lowest BCUT2D eigenvalue weighted by atomic mass is 9.68. The van der Waals surface area contributed by atoms with E-state index in [4.69, 9.17) is 0 Å². The number of fused-ring (bicyclic) bond motifs is 6. The molecule has 1 saturated heterocycles. The van der Waals surface area contributed by atoms with Gasteiger partial charge in [-0.15, -0.1) is 0 Å². The monoisotopic (exact) mass is 472 g/mol. The third kappa shape index (κ3) is 2.66. The number of halogens is 1. The quantitative estimate of drug-likeness (QED) is 0.459. The van der Waals surface area contributed by atoms with Gasteiger partial charge >= 0.3 is 0 Å². The highest BCUT2D eigenvalue weighted by atomic mass is 79.9. The molecule has 31 heavy (non-hydrogen) atoms. The highest BCUT2D eigenvalue weighted by molar-refractivity contribution is 9.10. The summed E-state index contributed by atoms with van der Waals surface area (Å²) in [5.41, 5.74) is 4.50. The Morgan fingerprint density at radius 3 is 2.61 bits per heavy atom. The van der Waals surface area contributed by atoms with E-state index in [0.29, 0.717) is 12.1 Å². The van der Waals surface area contributed by atoms with E-state index in [-0.39, 0.29) is 24.3 Å². The maximum atomic E-state index is 14.0. The second kappa shape index (κ2) is 6.79. The molecule has 4 nitrogen and oxygen atoms in total. The standard InChI is InChI=1S/C26H21BrN2O2/c27-18-7-5-8-19(14-18)29-24(30)16-26(25(29)31)15-23-20-9-2-1-6-17(20)12-13-28(23)22-11-4-3-10-21(22)26/h1-11,14,23H,12-13,15-16H2. The number of carbonyl (C=O) groups excluding carboxylic acids is 2. The number of imide groups is 1.